The summed E-state index contributed by atoms with van der Waals surface area (Å²) in [5, 5.41) is 0. The molecule has 2 aliphatic heterocycles. The number of likely N-dealkylation sites (tertiary alicyclic amines) is 1. The molecule has 2 heterocycles. The molecule has 2 fully saturated rings. The monoisotopic (exact) mass is 317 g/mol. The second kappa shape index (κ2) is 8.70. The molecule has 3 nitrogen and oxygen atoms in total. The number of hydrogen-bond acceptors (Lipinski definition) is 3. The van der Waals surface area contributed by atoms with Gasteiger partial charge < -0.3 is 9.80 Å². The van der Waals surface area contributed by atoms with Crippen LogP contribution in [0, 0.1) is 12.8 Å². The SMILES string of the molecule is CC.Cc1ccc(N2CCN(CC3CN(C(C)C)C3)CC2)cc1. The van der Waals surface area contributed by atoms with Crippen LogP contribution in [0.25, 0.3) is 0 Å². The van der Waals surface area contributed by atoms with Gasteiger partial charge in [0.1, 0.15) is 0 Å². The lowest BCUT2D eigenvalue weighted by Crippen LogP contribution is -2.56. The first kappa shape index (κ1) is 18.3. The van der Waals surface area contributed by atoms with E-state index in [-0.39, 0.29) is 0 Å². The van der Waals surface area contributed by atoms with Crippen LogP contribution in [0.3, 0.4) is 0 Å². The summed E-state index contributed by atoms with van der Waals surface area (Å²) in [6, 6.07) is 9.68. The Bertz CT molecular complexity index is 440. The van der Waals surface area contributed by atoms with Crippen LogP contribution in [0.5, 0.6) is 0 Å². The standard InChI is InChI=1S/C18H29N3.C2H6/c1-15(2)21-13-17(14-21)12-19-8-10-20(11-9-19)18-6-4-16(3)5-7-18;1-2/h4-7,15,17H,8-14H2,1-3H3;1-2H3. The zero-order chi connectivity index (χ0) is 16.8. The molecule has 0 saturated carbocycles. The van der Waals surface area contributed by atoms with Crippen LogP contribution < -0.4 is 4.90 Å². The van der Waals surface area contributed by atoms with Crippen molar-refractivity contribution in [3.8, 4) is 0 Å². The molecule has 0 N–H and O–H groups in total. The highest BCUT2D eigenvalue weighted by molar-refractivity contribution is 5.47. The van der Waals surface area contributed by atoms with Crippen molar-refractivity contribution in [3.05, 3.63) is 29.8 Å². The molecule has 0 atom stereocenters. The first-order valence-corrected chi connectivity index (χ1v) is 9.40. The fourth-order valence-electron chi connectivity index (χ4n) is 3.46. The van der Waals surface area contributed by atoms with E-state index in [1.165, 1.54) is 57.1 Å². The lowest BCUT2D eigenvalue weighted by Gasteiger charge is -2.45. The van der Waals surface area contributed by atoms with Crippen molar-refractivity contribution in [3.63, 3.8) is 0 Å². The van der Waals surface area contributed by atoms with Crippen LogP contribution in [-0.4, -0.2) is 61.7 Å². The maximum absolute atomic E-state index is 2.66. The highest BCUT2D eigenvalue weighted by atomic mass is 15.3. The van der Waals surface area contributed by atoms with Gasteiger partial charge in [-0.15, -0.1) is 0 Å². The van der Waals surface area contributed by atoms with E-state index in [1.807, 2.05) is 13.8 Å². The van der Waals surface area contributed by atoms with Crippen LogP contribution in [0.4, 0.5) is 5.69 Å². The zero-order valence-corrected chi connectivity index (χ0v) is 15.8. The van der Waals surface area contributed by atoms with E-state index in [0.29, 0.717) is 0 Å². The van der Waals surface area contributed by atoms with Crippen molar-refractivity contribution >= 4 is 5.69 Å². The van der Waals surface area contributed by atoms with E-state index in [4.69, 9.17) is 0 Å². The van der Waals surface area contributed by atoms with Crippen LogP contribution in [0.2, 0.25) is 0 Å². The Balaban J connectivity index is 0.000000924. The molecule has 0 aromatic heterocycles. The van der Waals surface area contributed by atoms with Gasteiger partial charge in [-0.2, -0.15) is 0 Å². The molecular formula is C20H35N3. The number of piperazine rings is 1. The molecule has 0 amide bonds. The minimum atomic E-state index is 0.722. The Morgan fingerprint density at radius 1 is 0.957 bits per heavy atom. The van der Waals surface area contributed by atoms with Crippen molar-refractivity contribution in [2.45, 2.75) is 40.7 Å². The molecule has 2 saturated heterocycles. The third-order valence-electron chi connectivity index (χ3n) is 5.00. The molecule has 0 radical (unpaired) electrons. The minimum absolute atomic E-state index is 0.722. The highest BCUT2D eigenvalue weighted by Gasteiger charge is 2.30. The smallest absolute Gasteiger partial charge is 0.0367 e. The van der Waals surface area contributed by atoms with Crippen molar-refractivity contribution in [1.29, 1.82) is 0 Å². The zero-order valence-electron chi connectivity index (χ0n) is 15.8. The summed E-state index contributed by atoms with van der Waals surface area (Å²) in [6.45, 7) is 19.4. The Morgan fingerprint density at radius 2 is 1.52 bits per heavy atom. The lowest BCUT2D eigenvalue weighted by atomic mass is 9.97. The summed E-state index contributed by atoms with van der Waals surface area (Å²) in [5.74, 6) is 0.901. The van der Waals surface area contributed by atoms with E-state index >= 15 is 0 Å². The maximum atomic E-state index is 2.66. The molecule has 3 rings (SSSR count). The van der Waals surface area contributed by atoms with Crippen LogP contribution in [-0.2, 0) is 0 Å². The molecule has 23 heavy (non-hydrogen) atoms. The van der Waals surface area contributed by atoms with Gasteiger partial charge in [0.2, 0.25) is 0 Å². The Labute approximate surface area is 143 Å². The fraction of sp³-hybridized carbons (Fsp3) is 0.700. The van der Waals surface area contributed by atoms with E-state index in [1.54, 1.807) is 0 Å². The van der Waals surface area contributed by atoms with E-state index < -0.39 is 0 Å². The van der Waals surface area contributed by atoms with Crippen LogP contribution >= 0.6 is 0 Å². The molecule has 1 aromatic carbocycles. The highest BCUT2D eigenvalue weighted by Crippen LogP contribution is 2.21. The Hall–Kier alpha value is -1.06. The number of benzene rings is 1. The Kier molecular flexibility index (Phi) is 6.91. The molecule has 3 heteroatoms. The van der Waals surface area contributed by atoms with Crippen molar-refractivity contribution in [2.24, 2.45) is 5.92 Å². The van der Waals surface area contributed by atoms with Crippen molar-refractivity contribution in [2.75, 3.05) is 50.7 Å². The van der Waals surface area contributed by atoms with Gasteiger partial charge in [-0.25, -0.2) is 0 Å². The number of nitrogens with zero attached hydrogens (tertiary/aromatic N) is 3. The molecule has 0 unspecified atom stereocenters. The summed E-state index contributed by atoms with van der Waals surface area (Å²) >= 11 is 0. The molecule has 0 aliphatic carbocycles. The minimum Gasteiger partial charge on any atom is -0.369 e. The summed E-state index contributed by atoms with van der Waals surface area (Å²) in [4.78, 5) is 7.76. The van der Waals surface area contributed by atoms with Gasteiger partial charge in [-0.1, -0.05) is 31.5 Å². The number of aryl methyl sites for hydroxylation is 1. The first-order chi connectivity index (χ1) is 11.1. The normalized spacial score (nSPS) is 20.2. The molecule has 0 spiro atoms. The van der Waals surface area contributed by atoms with E-state index in [9.17, 15) is 0 Å². The first-order valence-electron chi connectivity index (χ1n) is 9.40. The second-order valence-electron chi connectivity index (χ2n) is 7.04. The Morgan fingerprint density at radius 3 is 2.04 bits per heavy atom. The van der Waals surface area contributed by atoms with Crippen LogP contribution in [0.15, 0.2) is 24.3 Å². The number of rotatable bonds is 4. The largest absolute Gasteiger partial charge is 0.369 e. The number of hydrogen-bond donors (Lipinski definition) is 0. The maximum Gasteiger partial charge on any atom is 0.0367 e. The summed E-state index contributed by atoms with van der Waals surface area (Å²) in [6.07, 6.45) is 0. The predicted molar refractivity (Wildman–Crippen MR) is 101 cm³/mol. The third kappa shape index (κ3) is 4.95. The quantitative estimate of drug-likeness (QED) is 0.842. The second-order valence-corrected chi connectivity index (χ2v) is 7.04. The lowest BCUT2D eigenvalue weighted by molar-refractivity contribution is 0.0411. The van der Waals surface area contributed by atoms with Crippen molar-refractivity contribution < 1.29 is 0 Å². The molecular weight excluding hydrogens is 282 g/mol. The third-order valence-corrected chi connectivity index (χ3v) is 5.00. The van der Waals surface area contributed by atoms with Gasteiger partial charge in [0.15, 0.2) is 0 Å². The molecule has 2 aliphatic rings. The van der Waals surface area contributed by atoms with Gasteiger partial charge in [-0.3, -0.25) is 4.90 Å². The molecule has 1 aromatic rings. The predicted octanol–water partition coefficient (Wildman–Crippen LogP) is 3.48. The van der Waals surface area contributed by atoms with E-state index in [2.05, 4.69) is 59.7 Å². The van der Waals surface area contributed by atoms with Crippen LogP contribution in [0.1, 0.15) is 33.3 Å². The van der Waals surface area contributed by atoms with Gasteiger partial charge in [-0.05, 0) is 38.8 Å². The van der Waals surface area contributed by atoms with Gasteiger partial charge >= 0.3 is 0 Å². The van der Waals surface area contributed by atoms with E-state index in [0.717, 1.165) is 12.0 Å². The molecule has 130 valence electrons. The summed E-state index contributed by atoms with van der Waals surface area (Å²) < 4.78 is 0. The average Bonchev–Trinajstić information content (AvgIpc) is 2.53. The average molecular weight is 318 g/mol. The van der Waals surface area contributed by atoms with Gasteiger partial charge in [0.25, 0.3) is 0 Å². The number of anilines is 1. The molecule has 0 bridgehead atoms. The summed E-state index contributed by atoms with van der Waals surface area (Å²) in [5.41, 5.74) is 2.73. The van der Waals surface area contributed by atoms with Gasteiger partial charge in [0, 0.05) is 57.5 Å². The fourth-order valence-corrected chi connectivity index (χ4v) is 3.46. The summed E-state index contributed by atoms with van der Waals surface area (Å²) in [7, 11) is 0. The topological polar surface area (TPSA) is 9.72 Å². The van der Waals surface area contributed by atoms with Crippen molar-refractivity contribution in [1.82, 2.24) is 9.80 Å². The van der Waals surface area contributed by atoms with Gasteiger partial charge in [0.05, 0.1) is 0 Å².